The number of benzene rings is 2. The van der Waals surface area contributed by atoms with E-state index in [1.54, 1.807) is 31.4 Å². The van der Waals surface area contributed by atoms with Gasteiger partial charge < -0.3 is 15.0 Å². The number of carbonyl (C=O) groups excluding carboxylic acids is 1. The smallest absolute Gasteiger partial charge is 0.251 e. The minimum absolute atomic E-state index is 0.0298. The molecular weight excluding hydrogens is 374 g/mol. The van der Waals surface area contributed by atoms with Gasteiger partial charge in [-0.2, -0.15) is 0 Å². The number of amides is 1. The third kappa shape index (κ3) is 5.88. The van der Waals surface area contributed by atoms with E-state index >= 15 is 0 Å². The maximum atomic E-state index is 12.1. The van der Waals surface area contributed by atoms with Gasteiger partial charge in [-0.05, 0) is 61.9 Å². The summed E-state index contributed by atoms with van der Waals surface area (Å²) in [6, 6.07) is 15.2. The first kappa shape index (κ1) is 20.5. The highest BCUT2D eigenvalue weighted by molar-refractivity contribution is 6.30. The summed E-state index contributed by atoms with van der Waals surface area (Å²) in [5.41, 5.74) is 1.87. The van der Waals surface area contributed by atoms with Crippen molar-refractivity contribution in [1.29, 1.82) is 0 Å². The Kier molecular flexibility index (Phi) is 7.57. The molecule has 28 heavy (non-hydrogen) atoms. The molecule has 0 aliphatic carbocycles. The lowest BCUT2D eigenvalue weighted by molar-refractivity contribution is 0.0952. The fraction of sp³-hybridized carbons (Fsp3) is 0.409. The van der Waals surface area contributed by atoms with Crippen LogP contribution in [0.2, 0.25) is 5.02 Å². The van der Waals surface area contributed by atoms with Gasteiger partial charge in [0.05, 0.1) is 7.11 Å². The molecule has 0 radical (unpaired) electrons. The zero-order valence-electron chi connectivity index (χ0n) is 16.4. The van der Waals surface area contributed by atoms with Crippen molar-refractivity contribution < 1.29 is 9.53 Å². The lowest BCUT2D eigenvalue weighted by Gasteiger charge is -2.36. The van der Waals surface area contributed by atoms with Gasteiger partial charge in [0.1, 0.15) is 5.75 Å². The molecule has 0 bridgehead atoms. The van der Waals surface area contributed by atoms with Crippen LogP contribution in [0.25, 0.3) is 0 Å². The van der Waals surface area contributed by atoms with Crippen LogP contribution in [0.3, 0.4) is 0 Å². The van der Waals surface area contributed by atoms with Crippen molar-refractivity contribution in [3.8, 4) is 5.75 Å². The largest absolute Gasteiger partial charge is 0.497 e. The highest BCUT2D eigenvalue weighted by Gasteiger charge is 2.16. The van der Waals surface area contributed by atoms with Crippen LogP contribution < -0.4 is 15.0 Å². The number of carbonyl (C=O) groups is 1. The Morgan fingerprint density at radius 1 is 1.07 bits per heavy atom. The van der Waals surface area contributed by atoms with Crippen molar-refractivity contribution in [2.24, 2.45) is 0 Å². The number of anilines is 1. The Morgan fingerprint density at radius 2 is 1.82 bits per heavy atom. The van der Waals surface area contributed by atoms with E-state index in [4.69, 9.17) is 16.3 Å². The van der Waals surface area contributed by atoms with Crippen LogP contribution >= 0.6 is 11.6 Å². The average molecular weight is 402 g/mol. The van der Waals surface area contributed by atoms with Gasteiger partial charge in [-0.3, -0.25) is 9.69 Å². The molecule has 6 heteroatoms. The van der Waals surface area contributed by atoms with Crippen LogP contribution in [-0.4, -0.2) is 57.2 Å². The lowest BCUT2D eigenvalue weighted by Crippen LogP contribution is -2.46. The molecule has 2 aromatic rings. The molecule has 3 rings (SSSR count). The molecule has 2 aromatic carbocycles. The van der Waals surface area contributed by atoms with Gasteiger partial charge in [0, 0.05) is 49.0 Å². The summed E-state index contributed by atoms with van der Waals surface area (Å²) in [5, 5.41) is 3.78. The number of nitrogens with zero attached hydrogens (tertiary/aromatic N) is 2. The molecule has 0 unspecified atom stereocenters. The van der Waals surface area contributed by atoms with Crippen LogP contribution in [0.1, 0.15) is 23.2 Å². The fourth-order valence-electron chi connectivity index (χ4n) is 3.41. The van der Waals surface area contributed by atoms with Crippen LogP contribution in [0.15, 0.2) is 48.5 Å². The van der Waals surface area contributed by atoms with E-state index in [1.807, 2.05) is 18.2 Å². The van der Waals surface area contributed by atoms with Crippen LogP contribution in [0.5, 0.6) is 5.75 Å². The van der Waals surface area contributed by atoms with E-state index in [9.17, 15) is 4.79 Å². The van der Waals surface area contributed by atoms with E-state index in [-0.39, 0.29) is 5.91 Å². The highest BCUT2D eigenvalue weighted by atomic mass is 35.5. The normalized spacial score (nSPS) is 14.7. The Labute approximate surface area is 172 Å². The molecule has 5 nitrogen and oxygen atoms in total. The Morgan fingerprint density at radius 3 is 2.50 bits per heavy atom. The van der Waals surface area contributed by atoms with Gasteiger partial charge in [-0.1, -0.05) is 17.7 Å². The zero-order chi connectivity index (χ0) is 19.8. The second-order valence-electron chi connectivity index (χ2n) is 7.00. The number of hydrogen-bond acceptors (Lipinski definition) is 4. The Bertz CT molecular complexity index is 759. The van der Waals surface area contributed by atoms with E-state index in [0.717, 1.165) is 56.3 Å². The van der Waals surface area contributed by atoms with Crippen molar-refractivity contribution in [3.63, 3.8) is 0 Å². The summed E-state index contributed by atoms with van der Waals surface area (Å²) in [6.45, 7) is 5.94. The first-order chi connectivity index (χ1) is 13.7. The second-order valence-corrected chi connectivity index (χ2v) is 7.44. The molecule has 0 spiro atoms. The molecule has 1 heterocycles. The lowest BCUT2D eigenvalue weighted by atomic mass is 10.2. The SMILES string of the molecule is COc1ccc(C(=O)NCCCCN2CCN(c3cccc(Cl)c3)CC2)cc1. The molecule has 0 aromatic heterocycles. The van der Waals surface area contributed by atoms with Crippen molar-refractivity contribution in [2.75, 3.05) is 51.3 Å². The monoisotopic (exact) mass is 401 g/mol. The summed E-state index contributed by atoms with van der Waals surface area (Å²) in [6.07, 6.45) is 2.07. The third-order valence-electron chi connectivity index (χ3n) is 5.08. The number of nitrogens with one attached hydrogen (secondary N) is 1. The molecular formula is C22H28ClN3O2. The van der Waals surface area contributed by atoms with Gasteiger partial charge in [-0.25, -0.2) is 0 Å². The van der Waals surface area contributed by atoms with Crippen molar-refractivity contribution in [1.82, 2.24) is 10.2 Å². The van der Waals surface area contributed by atoms with Crippen LogP contribution in [0, 0.1) is 0 Å². The Hall–Kier alpha value is -2.24. The molecule has 1 aliphatic rings. The summed E-state index contributed by atoms with van der Waals surface area (Å²) in [7, 11) is 1.62. The van der Waals surface area contributed by atoms with Gasteiger partial charge in [0.2, 0.25) is 0 Å². The topological polar surface area (TPSA) is 44.8 Å². The number of halogens is 1. The van der Waals surface area contributed by atoms with E-state index < -0.39 is 0 Å². The zero-order valence-corrected chi connectivity index (χ0v) is 17.1. The van der Waals surface area contributed by atoms with Gasteiger partial charge in [-0.15, -0.1) is 0 Å². The summed E-state index contributed by atoms with van der Waals surface area (Å²) < 4.78 is 5.11. The second kappa shape index (κ2) is 10.3. The van der Waals surface area contributed by atoms with Crippen LogP contribution in [-0.2, 0) is 0 Å². The number of ether oxygens (including phenoxy) is 1. The highest BCUT2D eigenvalue weighted by Crippen LogP contribution is 2.20. The minimum atomic E-state index is -0.0298. The summed E-state index contributed by atoms with van der Waals surface area (Å²) >= 11 is 6.09. The van der Waals surface area contributed by atoms with Crippen molar-refractivity contribution >= 4 is 23.2 Å². The fourth-order valence-corrected chi connectivity index (χ4v) is 3.59. The summed E-state index contributed by atoms with van der Waals surface area (Å²) in [5.74, 6) is 0.727. The number of piperazine rings is 1. The maximum absolute atomic E-state index is 12.1. The molecule has 1 amide bonds. The Balaban J connectivity index is 1.30. The predicted octanol–water partition coefficient (Wildman–Crippen LogP) is 3.68. The standard InChI is InChI=1S/C22H28ClN3O2/c1-28-21-9-7-18(8-10-21)22(27)24-11-2-3-12-25-13-15-26(16-14-25)20-6-4-5-19(23)17-20/h4-10,17H,2-3,11-16H2,1H3,(H,24,27). The van der Waals surface area contributed by atoms with Gasteiger partial charge in [0.25, 0.3) is 5.91 Å². The molecule has 1 aliphatic heterocycles. The third-order valence-corrected chi connectivity index (χ3v) is 5.32. The minimum Gasteiger partial charge on any atom is -0.497 e. The molecule has 150 valence electrons. The summed E-state index contributed by atoms with van der Waals surface area (Å²) in [4.78, 5) is 17.0. The van der Waals surface area contributed by atoms with Crippen molar-refractivity contribution in [2.45, 2.75) is 12.8 Å². The van der Waals surface area contributed by atoms with Gasteiger partial charge >= 0.3 is 0 Å². The molecule has 1 N–H and O–H groups in total. The predicted molar refractivity (Wildman–Crippen MR) is 115 cm³/mol. The first-order valence-corrected chi connectivity index (χ1v) is 10.2. The molecule has 1 fully saturated rings. The van der Waals surface area contributed by atoms with Crippen LogP contribution in [0.4, 0.5) is 5.69 Å². The number of unbranched alkanes of at least 4 members (excludes halogenated alkanes) is 1. The molecule has 0 saturated carbocycles. The number of rotatable bonds is 8. The quantitative estimate of drug-likeness (QED) is 0.685. The molecule has 1 saturated heterocycles. The van der Waals surface area contributed by atoms with Gasteiger partial charge in [0.15, 0.2) is 0 Å². The number of methoxy groups -OCH3 is 1. The van der Waals surface area contributed by atoms with Crippen molar-refractivity contribution in [3.05, 3.63) is 59.1 Å². The average Bonchev–Trinajstić information content (AvgIpc) is 2.74. The number of hydrogen-bond donors (Lipinski definition) is 1. The van der Waals surface area contributed by atoms with E-state index in [1.165, 1.54) is 5.69 Å². The van der Waals surface area contributed by atoms with E-state index in [2.05, 4.69) is 21.2 Å². The molecule has 0 atom stereocenters. The van der Waals surface area contributed by atoms with E-state index in [0.29, 0.717) is 12.1 Å². The first-order valence-electron chi connectivity index (χ1n) is 9.81. The maximum Gasteiger partial charge on any atom is 0.251 e.